The van der Waals surface area contributed by atoms with Gasteiger partial charge in [-0.05, 0) is 6.42 Å². The van der Waals surface area contributed by atoms with Crippen molar-refractivity contribution >= 4 is 11.6 Å². The molecule has 0 aliphatic rings. The number of nitrogens with one attached hydrogen (secondary N) is 1. The number of hydrogen-bond acceptors (Lipinski definition) is 1. The molecule has 0 saturated carbocycles. The Morgan fingerprint density at radius 3 is 2.60 bits per heavy atom. The van der Waals surface area contributed by atoms with E-state index in [2.05, 4.69) is 16.5 Å². The Kier molecular flexibility index (Phi) is 7.61. The second-order valence-electron chi connectivity index (χ2n) is 1.53. The molecule has 2 nitrogen and oxygen atoms in total. The Morgan fingerprint density at radius 1 is 1.70 bits per heavy atom. The van der Waals surface area contributed by atoms with Crippen LogP contribution >= 0.6 is 11.6 Å². The van der Waals surface area contributed by atoms with Crippen LogP contribution in [0.3, 0.4) is 0 Å². The van der Waals surface area contributed by atoms with Crippen LogP contribution in [-0.2, 0) is 0 Å². The van der Waals surface area contributed by atoms with Crippen LogP contribution in [0.4, 0.5) is 0 Å². The number of allylic oxidation sites excluding steroid dienone is 1. The molecule has 10 heavy (non-hydrogen) atoms. The van der Waals surface area contributed by atoms with E-state index in [0.29, 0.717) is 5.88 Å². The average Bonchev–Trinajstić information content (AvgIpc) is 2.44. The maximum Gasteiger partial charge on any atom is 0.0919 e. The van der Waals surface area contributed by atoms with E-state index in [0.717, 1.165) is 6.42 Å². The summed E-state index contributed by atoms with van der Waals surface area (Å²) in [4.78, 5) is 6.42. The molecular weight excluding hydrogens is 148 g/mol. The van der Waals surface area contributed by atoms with Crippen molar-refractivity contribution in [1.29, 1.82) is 0 Å². The minimum atomic E-state index is 0.698. The Hall–Kier alpha value is -0.760. The van der Waals surface area contributed by atoms with Gasteiger partial charge in [-0.1, -0.05) is 6.08 Å². The highest BCUT2D eigenvalue weighted by molar-refractivity contribution is 6.17. The maximum atomic E-state index is 5.23. The SMILES string of the molecule is C=CCCCl.c1c[nH]cn1. The minimum Gasteiger partial charge on any atom is -0.351 e. The molecule has 0 bridgehead atoms. The van der Waals surface area contributed by atoms with Gasteiger partial charge in [0.2, 0.25) is 0 Å². The molecule has 1 aromatic heterocycles. The molecule has 0 aliphatic carbocycles. The first kappa shape index (κ1) is 9.24. The Balaban J connectivity index is 0.000000162. The largest absolute Gasteiger partial charge is 0.351 e. The summed E-state index contributed by atoms with van der Waals surface area (Å²) in [5, 5.41) is 0. The summed E-state index contributed by atoms with van der Waals surface area (Å²) in [6.45, 7) is 3.47. The van der Waals surface area contributed by atoms with Crippen LogP contribution in [-0.4, -0.2) is 15.8 Å². The van der Waals surface area contributed by atoms with E-state index >= 15 is 0 Å². The molecule has 1 aromatic rings. The summed E-state index contributed by atoms with van der Waals surface area (Å²) in [5.41, 5.74) is 0. The normalized spacial score (nSPS) is 7.70. The third-order valence-electron chi connectivity index (χ3n) is 0.719. The number of halogens is 1. The maximum absolute atomic E-state index is 5.23. The van der Waals surface area contributed by atoms with Gasteiger partial charge in [-0.2, -0.15) is 0 Å². The highest BCUT2D eigenvalue weighted by Crippen LogP contribution is 1.80. The van der Waals surface area contributed by atoms with Crippen molar-refractivity contribution in [1.82, 2.24) is 9.97 Å². The monoisotopic (exact) mass is 158 g/mol. The van der Waals surface area contributed by atoms with Crippen molar-refractivity contribution < 1.29 is 0 Å². The number of aromatic amines is 1. The quantitative estimate of drug-likeness (QED) is 0.519. The molecule has 1 rings (SSSR count). The summed E-state index contributed by atoms with van der Waals surface area (Å²) in [7, 11) is 0. The van der Waals surface area contributed by atoms with Gasteiger partial charge in [0.25, 0.3) is 0 Å². The average molecular weight is 159 g/mol. The Morgan fingerprint density at radius 2 is 2.50 bits per heavy atom. The fourth-order valence-corrected chi connectivity index (χ4v) is 0.447. The summed E-state index contributed by atoms with van der Waals surface area (Å²) in [5.74, 6) is 0.698. The Bertz CT molecular complexity index is 120. The second kappa shape index (κ2) is 8.24. The highest BCUT2D eigenvalue weighted by atomic mass is 35.5. The van der Waals surface area contributed by atoms with Crippen molar-refractivity contribution in [2.24, 2.45) is 0 Å². The number of aromatic nitrogens is 2. The van der Waals surface area contributed by atoms with E-state index in [1.165, 1.54) is 0 Å². The van der Waals surface area contributed by atoms with E-state index in [1.807, 2.05) is 0 Å². The molecule has 0 unspecified atom stereocenters. The standard InChI is InChI=1S/C4H7Cl.C3H4N2/c1-2-3-4-5;1-2-5-3-4-1/h2H,1,3-4H2;1-3H,(H,4,5). The smallest absolute Gasteiger partial charge is 0.0919 e. The van der Waals surface area contributed by atoms with Gasteiger partial charge in [-0.3, -0.25) is 0 Å². The van der Waals surface area contributed by atoms with E-state index in [4.69, 9.17) is 11.6 Å². The zero-order valence-electron chi connectivity index (χ0n) is 5.76. The van der Waals surface area contributed by atoms with E-state index in [-0.39, 0.29) is 0 Å². The predicted octanol–water partition coefficient (Wildman–Crippen LogP) is 2.21. The molecule has 0 amide bonds. The first-order valence-electron chi connectivity index (χ1n) is 3.01. The molecule has 0 saturated heterocycles. The first-order chi connectivity index (χ1) is 4.91. The highest BCUT2D eigenvalue weighted by Gasteiger charge is 1.64. The second-order valence-corrected chi connectivity index (χ2v) is 1.90. The molecule has 3 heteroatoms. The van der Waals surface area contributed by atoms with Crippen molar-refractivity contribution in [3.63, 3.8) is 0 Å². The molecule has 0 radical (unpaired) electrons. The molecule has 0 spiro atoms. The van der Waals surface area contributed by atoms with E-state index < -0.39 is 0 Å². The van der Waals surface area contributed by atoms with Crippen molar-refractivity contribution in [3.05, 3.63) is 31.4 Å². The molecule has 1 N–H and O–H groups in total. The van der Waals surface area contributed by atoms with Crippen LogP contribution in [0.2, 0.25) is 0 Å². The van der Waals surface area contributed by atoms with Gasteiger partial charge in [0.05, 0.1) is 6.33 Å². The number of H-pyrrole nitrogens is 1. The summed E-state index contributed by atoms with van der Waals surface area (Å²) in [6.07, 6.45) is 7.80. The van der Waals surface area contributed by atoms with Gasteiger partial charge in [0.1, 0.15) is 0 Å². The molecule has 0 atom stereocenters. The molecule has 0 fully saturated rings. The minimum absolute atomic E-state index is 0.698. The van der Waals surface area contributed by atoms with Gasteiger partial charge in [-0.25, -0.2) is 4.98 Å². The lowest BCUT2D eigenvalue weighted by Gasteiger charge is -1.70. The van der Waals surface area contributed by atoms with Crippen molar-refractivity contribution in [3.8, 4) is 0 Å². The third kappa shape index (κ3) is 7.24. The van der Waals surface area contributed by atoms with Crippen LogP contribution < -0.4 is 0 Å². The fourth-order valence-electron chi connectivity index (χ4n) is 0.292. The zero-order valence-corrected chi connectivity index (χ0v) is 6.51. The van der Waals surface area contributed by atoms with E-state index in [9.17, 15) is 0 Å². The predicted molar refractivity (Wildman–Crippen MR) is 44.1 cm³/mol. The summed E-state index contributed by atoms with van der Waals surface area (Å²) < 4.78 is 0. The Labute approximate surface area is 65.9 Å². The number of hydrogen-bond donors (Lipinski definition) is 1. The summed E-state index contributed by atoms with van der Waals surface area (Å²) >= 11 is 5.23. The molecule has 0 aromatic carbocycles. The van der Waals surface area contributed by atoms with Gasteiger partial charge < -0.3 is 4.98 Å². The van der Waals surface area contributed by atoms with Crippen molar-refractivity contribution in [2.45, 2.75) is 6.42 Å². The number of imidazole rings is 1. The van der Waals surface area contributed by atoms with Crippen molar-refractivity contribution in [2.75, 3.05) is 5.88 Å². The van der Waals surface area contributed by atoms with Gasteiger partial charge >= 0.3 is 0 Å². The van der Waals surface area contributed by atoms with Crippen LogP contribution in [0.15, 0.2) is 31.4 Å². The topological polar surface area (TPSA) is 28.7 Å². The number of rotatable bonds is 2. The van der Waals surface area contributed by atoms with E-state index in [1.54, 1.807) is 24.8 Å². The molecule has 56 valence electrons. The number of alkyl halides is 1. The summed E-state index contributed by atoms with van der Waals surface area (Å²) in [6, 6.07) is 0. The van der Waals surface area contributed by atoms with Crippen LogP contribution in [0, 0.1) is 0 Å². The van der Waals surface area contributed by atoms with Gasteiger partial charge in [-0.15, -0.1) is 18.2 Å². The molecule has 0 aliphatic heterocycles. The zero-order chi connectivity index (χ0) is 7.66. The lowest BCUT2D eigenvalue weighted by molar-refractivity contribution is 1.24. The number of nitrogens with zero attached hydrogens (tertiary/aromatic N) is 1. The van der Waals surface area contributed by atoms with Gasteiger partial charge in [0, 0.05) is 18.3 Å². The third-order valence-corrected chi connectivity index (χ3v) is 0.937. The molecule has 1 heterocycles. The van der Waals surface area contributed by atoms with Crippen LogP contribution in [0.5, 0.6) is 0 Å². The van der Waals surface area contributed by atoms with Crippen LogP contribution in [0.1, 0.15) is 6.42 Å². The van der Waals surface area contributed by atoms with Crippen LogP contribution in [0.25, 0.3) is 0 Å². The first-order valence-corrected chi connectivity index (χ1v) is 3.55. The fraction of sp³-hybridized carbons (Fsp3) is 0.286. The van der Waals surface area contributed by atoms with Gasteiger partial charge in [0.15, 0.2) is 0 Å². The molecular formula is C7H11ClN2. The lowest BCUT2D eigenvalue weighted by Crippen LogP contribution is -1.59. The lowest BCUT2D eigenvalue weighted by atomic mass is 10.5.